The minimum atomic E-state index is -2.98. The van der Waals surface area contributed by atoms with Gasteiger partial charge in [0.2, 0.25) is 0 Å². The van der Waals surface area contributed by atoms with Crippen LogP contribution in [-0.2, 0) is 15.7 Å². The Morgan fingerprint density at radius 1 is 1.00 bits per heavy atom. The zero-order chi connectivity index (χ0) is 22.6. The van der Waals surface area contributed by atoms with Crippen LogP contribution in [-0.4, -0.2) is 44.7 Å². The summed E-state index contributed by atoms with van der Waals surface area (Å²) in [6.07, 6.45) is 5.56. The normalized spacial score (nSPS) is 23.2. The summed E-state index contributed by atoms with van der Waals surface area (Å²) in [7, 11) is -1.25. The fourth-order valence-electron chi connectivity index (χ4n) is 4.80. The first-order chi connectivity index (χ1) is 15.4. The summed E-state index contributed by atoms with van der Waals surface area (Å²) in [4.78, 5) is 9.53. The minimum absolute atomic E-state index is 0.305. The molecule has 1 aliphatic carbocycles. The SMILES string of the molecule is COc1ccc(C2COC2)c(C2CCC(COc3cccc(CCP(C)(=O)O)c3)CC2)c1. The molecule has 2 aliphatic rings. The zero-order valence-electron chi connectivity index (χ0n) is 19.2. The summed E-state index contributed by atoms with van der Waals surface area (Å²) in [5.41, 5.74) is 3.93. The van der Waals surface area contributed by atoms with E-state index in [4.69, 9.17) is 14.2 Å². The van der Waals surface area contributed by atoms with Crippen LogP contribution >= 0.6 is 7.37 Å². The summed E-state index contributed by atoms with van der Waals surface area (Å²) >= 11 is 0. The lowest BCUT2D eigenvalue weighted by atomic mass is 9.76. The molecule has 174 valence electrons. The van der Waals surface area contributed by atoms with E-state index >= 15 is 0 Å². The van der Waals surface area contributed by atoms with Crippen LogP contribution in [0.4, 0.5) is 0 Å². The Bertz CT molecular complexity index is 941. The Balaban J connectivity index is 1.31. The van der Waals surface area contributed by atoms with Crippen LogP contribution in [0.25, 0.3) is 0 Å². The molecule has 1 saturated heterocycles. The molecule has 4 rings (SSSR count). The van der Waals surface area contributed by atoms with Gasteiger partial charge in [-0.2, -0.15) is 0 Å². The van der Waals surface area contributed by atoms with E-state index in [1.165, 1.54) is 30.6 Å². The van der Waals surface area contributed by atoms with Gasteiger partial charge in [0.05, 0.1) is 26.9 Å². The van der Waals surface area contributed by atoms with Crippen molar-refractivity contribution in [3.05, 3.63) is 59.2 Å². The van der Waals surface area contributed by atoms with Crippen molar-refractivity contribution in [2.75, 3.05) is 39.8 Å². The average Bonchev–Trinajstić information content (AvgIpc) is 2.76. The minimum Gasteiger partial charge on any atom is -0.497 e. The summed E-state index contributed by atoms with van der Waals surface area (Å²) in [6.45, 7) is 3.80. The molecule has 1 N–H and O–H groups in total. The lowest BCUT2D eigenvalue weighted by molar-refractivity contribution is 0.00781. The molecule has 5 nitrogen and oxygen atoms in total. The largest absolute Gasteiger partial charge is 0.497 e. The number of aryl methyl sites for hydroxylation is 1. The molecule has 6 heteroatoms. The molecule has 2 aromatic rings. The van der Waals surface area contributed by atoms with E-state index in [9.17, 15) is 9.46 Å². The molecule has 1 heterocycles. The van der Waals surface area contributed by atoms with E-state index in [-0.39, 0.29) is 0 Å². The highest BCUT2D eigenvalue weighted by atomic mass is 31.2. The summed E-state index contributed by atoms with van der Waals surface area (Å²) in [5, 5.41) is 0. The van der Waals surface area contributed by atoms with Gasteiger partial charge in [-0.05, 0) is 84.9 Å². The molecule has 1 aliphatic heterocycles. The number of benzene rings is 2. The maximum Gasteiger partial charge on any atom is 0.197 e. The zero-order valence-corrected chi connectivity index (χ0v) is 20.1. The van der Waals surface area contributed by atoms with Gasteiger partial charge < -0.3 is 19.1 Å². The fourth-order valence-corrected chi connectivity index (χ4v) is 5.48. The van der Waals surface area contributed by atoms with E-state index in [0.29, 0.717) is 30.3 Å². The van der Waals surface area contributed by atoms with Crippen molar-refractivity contribution in [1.82, 2.24) is 0 Å². The lowest BCUT2D eigenvalue weighted by Crippen LogP contribution is -2.27. The van der Waals surface area contributed by atoms with Crippen molar-refractivity contribution in [2.24, 2.45) is 5.92 Å². The molecule has 1 unspecified atom stereocenters. The van der Waals surface area contributed by atoms with Crippen LogP contribution in [0.1, 0.15) is 54.2 Å². The van der Waals surface area contributed by atoms with E-state index < -0.39 is 7.37 Å². The van der Waals surface area contributed by atoms with Crippen LogP contribution in [0.2, 0.25) is 0 Å². The number of hydrogen-bond donors (Lipinski definition) is 1. The quantitative estimate of drug-likeness (QED) is 0.495. The van der Waals surface area contributed by atoms with Crippen LogP contribution in [0.15, 0.2) is 42.5 Å². The highest BCUT2D eigenvalue weighted by Crippen LogP contribution is 2.42. The fraction of sp³-hybridized carbons (Fsp3) is 0.538. The molecule has 0 amide bonds. The van der Waals surface area contributed by atoms with Crippen molar-refractivity contribution >= 4 is 7.37 Å². The highest BCUT2D eigenvalue weighted by Gasteiger charge is 2.29. The molecule has 2 aromatic carbocycles. The Labute approximate surface area is 191 Å². The predicted molar refractivity (Wildman–Crippen MR) is 128 cm³/mol. The Morgan fingerprint density at radius 3 is 2.44 bits per heavy atom. The van der Waals surface area contributed by atoms with E-state index in [0.717, 1.165) is 49.7 Å². The van der Waals surface area contributed by atoms with Crippen molar-refractivity contribution in [1.29, 1.82) is 0 Å². The molecule has 0 radical (unpaired) electrons. The second-order valence-electron chi connectivity index (χ2n) is 9.43. The highest BCUT2D eigenvalue weighted by molar-refractivity contribution is 7.57. The smallest absolute Gasteiger partial charge is 0.197 e. The second kappa shape index (κ2) is 10.4. The first-order valence-corrected chi connectivity index (χ1v) is 14.0. The number of rotatable bonds is 9. The van der Waals surface area contributed by atoms with Crippen LogP contribution < -0.4 is 9.47 Å². The van der Waals surface area contributed by atoms with Gasteiger partial charge in [-0.15, -0.1) is 0 Å². The summed E-state index contributed by atoms with van der Waals surface area (Å²) < 4.78 is 28.6. The van der Waals surface area contributed by atoms with Gasteiger partial charge in [-0.1, -0.05) is 18.2 Å². The maximum absolute atomic E-state index is 11.6. The van der Waals surface area contributed by atoms with Gasteiger partial charge in [0, 0.05) is 18.7 Å². The first kappa shape index (κ1) is 23.4. The molecule has 32 heavy (non-hydrogen) atoms. The lowest BCUT2D eigenvalue weighted by Gasteiger charge is -2.34. The Hall–Kier alpha value is -1.81. The molecule has 0 aromatic heterocycles. The van der Waals surface area contributed by atoms with Crippen molar-refractivity contribution in [2.45, 2.75) is 43.9 Å². The maximum atomic E-state index is 11.6. The molecule has 1 saturated carbocycles. The van der Waals surface area contributed by atoms with Gasteiger partial charge >= 0.3 is 0 Å². The Kier molecular flexibility index (Phi) is 7.60. The summed E-state index contributed by atoms with van der Waals surface area (Å²) in [6, 6.07) is 14.5. The van der Waals surface area contributed by atoms with Gasteiger partial charge in [0.25, 0.3) is 0 Å². The monoisotopic (exact) mass is 458 g/mol. The summed E-state index contributed by atoms with van der Waals surface area (Å²) in [5.74, 6) is 3.45. The van der Waals surface area contributed by atoms with Crippen LogP contribution in [0, 0.1) is 5.92 Å². The first-order valence-electron chi connectivity index (χ1n) is 11.7. The van der Waals surface area contributed by atoms with E-state index in [1.54, 1.807) is 7.11 Å². The third-order valence-corrected chi connectivity index (χ3v) is 7.91. The van der Waals surface area contributed by atoms with E-state index in [2.05, 4.69) is 18.2 Å². The molecule has 2 fully saturated rings. The number of hydrogen-bond acceptors (Lipinski definition) is 4. The van der Waals surface area contributed by atoms with Crippen LogP contribution in [0.5, 0.6) is 11.5 Å². The van der Waals surface area contributed by atoms with Gasteiger partial charge in [0.15, 0.2) is 7.37 Å². The molecule has 0 spiro atoms. The molecular weight excluding hydrogens is 423 g/mol. The average molecular weight is 459 g/mol. The topological polar surface area (TPSA) is 65.0 Å². The van der Waals surface area contributed by atoms with E-state index in [1.807, 2.05) is 24.3 Å². The Morgan fingerprint density at radius 2 is 1.78 bits per heavy atom. The van der Waals surface area contributed by atoms with Crippen molar-refractivity contribution < 1.29 is 23.7 Å². The van der Waals surface area contributed by atoms with Gasteiger partial charge in [-0.3, -0.25) is 4.57 Å². The van der Waals surface area contributed by atoms with Gasteiger partial charge in [-0.25, -0.2) is 0 Å². The second-order valence-corrected chi connectivity index (χ2v) is 12.0. The van der Waals surface area contributed by atoms with Crippen LogP contribution in [0.3, 0.4) is 0 Å². The predicted octanol–water partition coefficient (Wildman–Crippen LogP) is 5.60. The third-order valence-electron chi connectivity index (χ3n) is 6.86. The van der Waals surface area contributed by atoms with Crippen molar-refractivity contribution in [3.63, 3.8) is 0 Å². The number of methoxy groups -OCH3 is 1. The third kappa shape index (κ3) is 6.15. The molecular formula is C26H35O5P. The standard InChI is InChI=1S/C26H35O5P/c1-29-23-10-11-25(22-17-30-18-22)26(15-23)21-8-6-20(7-9-21)16-31-24-5-3-4-19(14-24)12-13-32(2,27)28/h3-5,10-11,14-15,20-22H,6-9,12-13,16-18H2,1-2H3,(H,27,28). The molecule has 1 atom stereocenters. The molecule has 0 bridgehead atoms. The number of ether oxygens (including phenoxy) is 3. The van der Waals surface area contributed by atoms with Crippen molar-refractivity contribution in [3.8, 4) is 11.5 Å². The van der Waals surface area contributed by atoms with Gasteiger partial charge in [0.1, 0.15) is 11.5 Å².